The topological polar surface area (TPSA) is 64.2 Å². The lowest BCUT2D eigenvalue weighted by Gasteiger charge is -2.31. The second-order valence-corrected chi connectivity index (χ2v) is 7.15. The van der Waals surface area contributed by atoms with Gasteiger partial charge in [-0.2, -0.15) is 5.10 Å². The SMILES string of the molecule is Cc1ccc(=O)n(CC2CCN(Cc3ncc(C4CC4)o3)CC2)n1. The molecule has 4 rings (SSSR count). The molecule has 3 heterocycles. The zero-order chi connectivity index (χ0) is 16.5. The van der Waals surface area contributed by atoms with E-state index in [1.807, 2.05) is 13.1 Å². The molecule has 24 heavy (non-hydrogen) atoms. The Kier molecular flexibility index (Phi) is 4.22. The van der Waals surface area contributed by atoms with Gasteiger partial charge < -0.3 is 4.42 Å². The van der Waals surface area contributed by atoms with E-state index < -0.39 is 0 Å². The summed E-state index contributed by atoms with van der Waals surface area (Å²) >= 11 is 0. The first-order chi connectivity index (χ1) is 11.7. The van der Waals surface area contributed by atoms with Gasteiger partial charge in [-0.1, -0.05) is 0 Å². The molecule has 128 valence electrons. The summed E-state index contributed by atoms with van der Waals surface area (Å²) in [5.41, 5.74) is 0.887. The Labute approximate surface area is 141 Å². The Balaban J connectivity index is 1.29. The monoisotopic (exact) mass is 328 g/mol. The first-order valence-corrected chi connectivity index (χ1v) is 8.89. The third kappa shape index (κ3) is 3.59. The van der Waals surface area contributed by atoms with Crippen LogP contribution in [0.4, 0.5) is 0 Å². The molecule has 1 aliphatic carbocycles. The number of piperidine rings is 1. The highest BCUT2D eigenvalue weighted by Crippen LogP contribution is 2.40. The van der Waals surface area contributed by atoms with Crippen LogP contribution in [0.2, 0.25) is 0 Å². The van der Waals surface area contributed by atoms with Crippen molar-refractivity contribution in [3.63, 3.8) is 0 Å². The molecule has 0 unspecified atom stereocenters. The second-order valence-electron chi connectivity index (χ2n) is 7.15. The fraction of sp³-hybridized carbons (Fsp3) is 0.611. The number of oxazole rings is 1. The normalized spacial score (nSPS) is 19.7. The Bertz CT molecular complexity index is 754. The van der Waals surface area contributed by atoms with Crippen molar-refractivity contribution in [2.75, 3.05) is 13.1 Å². The summed E-state index contributed by atoms with van der Waals surface area (Å²) in [6.07, 6.45) is 6.55. The van der Waals surface area contributed by atoms with Crippen LogP contribution in [0, 0.1) is 12.8 Å². The van der Waals surface area contributed by atoms with E-state index in [9.17, 15) is 4.79 Å². The predicted molar refractivity (Wildman–Crippen MR) is 89.7 cm³/mol. The summed E-state index contributed by atoms with van der Waals surface area (Å²) in [6.45, 7) is 5.48. The Morgan fingerprint density at radius 3 is 2.75 bits per heavy atom. The van der Waals surface area contributed by atoms with E-state index in [0.717, 1.165) is 56.4 Å². The minimum absolute atomic E-state index is 0.00424. The van der Waals surface area contributed by atoms with Gasteiger partial charge in [0.25, 0.3) is 5.56 Å². The molecule has 2 aliphatic rings. The number of aromatic nitrogens is 3. The van der Waals surface area contributed by atoms with E-state index in [-0.39, 0.29) is 5.56 Å². The molecule has 0 N–H and O–H groups in total. The Morgan fingerprint density at radius 1 is 1.21 bits per heavy atom. The molecule has 0 atom stereocenters. The predicted octanol–water partition coefficient (Wildman–Crippen LogP) is 2.33. The molecule has 0 spiro atoms. The lowest BCUT2D eigenvalue weighted by atomic mass is 9.97. The second kappa shape index (κ2) is 6.51. The van der Waals surface area contributed by atoms with Crippen molar-refractivity contribution >= 4 is 0 Å². The minimum atomic E-state index is -0.00424. The highest BCUT2D eigenvalue weighted by Gasteiger charge is 2.28. The average Bonchev–Trinajstić information content (AvgIpc) is 3.33. The fourth-order valence-corrected chi connectivity index (χ4v) is 3.40. The van der Waals surface area contributed by atoms with Crippen molar-refractivity contribution in [3.8, 4) is 0 Å². The summed E-state index contributed by atoms with van der Waals surface area (Å²) in [5.74, 6) is 3.04. The van der Waals surface area contributed by atoms with Crippen molar-refractivity contribution in [2.45, 2.75) is 51.6 Å². The van der Waals surface area contributed by atoms with Gasteiger partial charge in [0, 0.05) is 18.5 Å². The van der Waals surface area contributed by atoms with Gasteiger partial charge in [-0.25, -0.2) is 9.67 Å². The molecule has 0 aromatic carbocycles. The van der Waals surface area contributed by atoms with Gasteiger partial charge in [0.1, 0.15) is 5.76 Å². The van der Waals surface area contributed by atoms with Crippen LogP contribution < -0.4 is 5.56 Å². The van der Waals surface area contributed by atoms with E-state index in [2.05, 4.69) is 15.0 Å². The van der Waals surface area contributed by atoms with Crippen LogP contribution in [0.3, 0.4) is 0 Å². The molecule has 1 saturated carbocycles. The first kappa shape index (κ1) is 15.6. The number of rotatable bonds is 5. The average molecular weight is 328 g/mol. The molecular formula is C18H24N4O2. The molecule has 6 nitrogen and oxygen atoms in total. The van der Waals surface area contributed by atoms with Crippen LogP contribution in [-0.4, -0.2) is 32.8 Å². The van der Waals surface area contributed by atoms with Crippen molar-refractivity contribution < 1.29 is 4.42 Å². The third-order valence-corrected chi connectivity index (χ3v) is 5.05. The van der Waals surface area contributed by atoms with E-state index in [1.165, 1.54) is 12.8 Å². The van der Waals surface area contributed by atoms with Gasteiger partial charge in [-0.15, -0.1) is 0 Å². The van der Waals surface area contributed by atoms with E-state index in [4.69, 9.17) is 4.42 Å². The van der Waals surface area contributed by atoms with Gasteiger partial charge >= 0.3 is 0 Å². The zero-order valence-corrected chi connectivity index (χ0v) is 14.1. The molecule has 2 aromatic heterocycles. The molecule has 0 radical (unpaired) electrons. The zero-order valence-electron chi connectivity index (χ0n) is 14.1. The first-order valence-electron chi connectivity index (χ1n) is 8.89. The van der Waals surface area contributed by atoms with Crippen LogP contribution in [-0.2, 0) is 13.1 Å². The standard InChI is InChI=1S/C18H24N4O2/c1-13-2-5-18(23)22(20-13)11-14-6-8-21(9-7-14)12-17-19-10-16(24-17)15-3-4-15/h2,5,10,14-15H,3-4,6-9,11-12H2,1H3. The van der Waals surface area contributed by atoms with Crippen LogP contribution in [0.15, 0.2) is 27.5 Å². The maximum atomic E-state index is 11.9. The third-order valence-electron chi connectivity index (χ3n) is 5.05. The van der Waals surface area contributed by atoms with Gasteiger partial charge in [0.05, 0.1) is 18.4 Å². The van der Waals surface area contributed by atoms with Crippen molar-refractivity contribution in [1.82, 2.24) is 19.7 Å². The summed E-state index contributed by atoms with van der Waals surface area (Å²) < 4.78 is 7.47. The quantitative estimate of drug-likeness (QED) is 0.843. The van der Waals surface area contributed by atoms with Gasteiger partial charge in [0.15, 0.2) is 0 Å². The smallest absolute Gasteiger partial charge is 0.266 e. The van der Waals surface area contributed by atoms with E-state index in [1.54, 1.807) is 16.8 Å². The molecular weight excluding hydrogens is 304 g/mol. The van der Waals surface area contributed by atoms with Crippen LogP contribution in [0.25, 0.3) is 0 Å². The molecule has 0 amide bonds. The lowest BCUT2D eigenvalue weighted by molar-refractivity contribution is 0.151. The van der Waals surface area contributed by atoms with E-state index >= 15 is 0 Å². The van der Waals surface area contributed by atoms with Crippen LogP contribution in [0.1, 0.15) is 48.9 Å². The molecule has 2 aromatic rings. The Morgan fingerprint density at radius 2 is 2.00 bits per heavy atom. The lowest BCUT2D eigenvalue weighted by Crippen LogP contribution is -2.36. The molecule has 1 saturated heterocycles. The molecule has 1 aliphatic heterocycles. The minimum Gasteiger partial charge on any atom is -0.444 e. The van der Waals surface area contributed by atoms with Crippen molar-refractivity contribution in [1.29, 1.82) is 0 Å². The number of hydrogen-bond donors (Lipinski definition) is 0. The Hall–Kier alpha value is -1.95. The number of likely N-dealkylation sites (tertiary alicyclic amines) is 1. The van der Waals surface area contributed by atoms with Gasteiger partial charge in [-0.05, 0) is 57.7 Å². The van der Waals surface area contributed by atoms with Crippen molar-refractivity contribution in [2.24, 2.45) is 5.92 Å². The van der Waals surface area contributed by atoms with E-state index in [0.29, 0.717) is 11.8 Å². The highest BCUT2D eigenvalue weighted by atomic mass is 16.4. The summed E-state index contributed by atoms with van der Waals surface area (Å²) in [5, 5.41) is 4.34. The van der Waals surface area contributed by atoms with Crippen LogP contribution in [0.5, 0.6) is 0 Å². The number of aryl methyl sites for hydroxylation is 1. The highest BCUT2D eigenvalue weighted by molar-refractivity contribution is 5.08. The summed E-state index contributed by atoms with van der Waals surface area (Å²) in [6, 6.07) is 3.38. The van der Waals surface area contributed by atoms with Crippen molar-refractivity contribution in [3.05, 3.63) is 46.0 Å². The van der Waals surface area contributed by atoms with Gasteiger partial charge in [0.2, 0.25) is 5.89 Å². The molecule has 6 heteroatoms. The maximum absolute atomic E-state index is 11.9. The fourth-order valence-electron chi connectivity index (χ4n) is 3.40. The largest absolute Gasteiger partial charge is 0.444 e. The van der Waals surface area contributed by atoms with Gasteiger partial charge in [-0.3, -0.25) is 9.69 Å². The molecule has 2 fully saturated rings. The number of nitrogens with zero attached hydrogens (tertiary/aromatic N) is 4. The summed E-state index contributed by atoms with van der Waals surface area (Å²) in [4.78, 5) is 18.7. The molecule has 0 bridgehead atoms. The number of hydrogen-bond acceptors (Lipinski definition) is 5. The maximum Gasteiger partial charge on any atom is 0.266 e. The van der Waals surface area contributed by atoms with Crippen LogP contribution >= 0.6 is 0 Å². The summed E-state index contributed by atoms with van der Waals surface area (Å²) in [7, 11) is 0.